The third-order valence-corrected chi connectivity index (χ3v) is 9.45. The second-order valence-electron chi connectivity index (χ2n) is 11.5. The van der Waals surface area contributed by atoms with E-state index in [0.29, 0.717) is 27.5 Å². The number of rotatable bonds is 9. The number of nitrogens with one attached hydrogen (secondary N) is 1. The fourth-order valence-electron chi connectivity index (χ4n) is 6.27. The molecule has 2 amide bonds. The lowest BCUT2D eigenvalue weighted by Gasteiger charge is -2.56. The summed E-state index contributed by atoms with van der Waals surface area (Å²) in [5.74, 6) is 0.664. The van der Waals surface area contributed by atoms with E-state index in [0.717, 1.165) is 11.1 Å². The van der Waals surface area contributed by atoms with Gasteiger partial charge in [-0.1, -0.05) is 93.0 Å². The van der Waals surface area contributed by atoms with Crippen molar-refractivity contribution in [3.8, 4) is 5.75 Å². The summed E-state index contributed by atoms with van der Waals surface area (Å²) in [5.41, 5.74) is 0.771. The first-order valence-electron chi connectivity index (χ1n) is 14.0. The van der Waals surface area contributed by atoms with Crippen molar-refractivity contribution in [2.45, 2.75) is 51.8 Å². The van der Waals surface area contributed by atoms with E-state index in [2.05, 4.69) is 60.3 Å². The van der Waals surface area contributed by atoms with Crippen molar-refractivity contribution in [1.29, 1.82) is 0 Å². The van der Waals surface area contributed by atoms with Crippen LogP contribution in [0.15, 0.2) is 91.1 Å². The molecule has 10 heteroatoms. The highest BCUT2D eigenvalue weighted by molar-refractivity contribution is 6.32. The first-order chi connectivity index (χ1) is 20.4. The van der Waals surface area contributed by atoms with Crippen LogP contribution >= 0.6 is 23.2 Å². The van der Waals surface area contributed by atoms with Gasteiger partial charge >= 0.3 is 6.03 Å². The van der Waals surface area contributed by atoms with Gasteiger partial charge in [0.05, 0.1) is 18.6 Å². The first kappa shape index (κ1) is 32.5. The number of nitrogens with zero attached hydrogens (tertiary/aromatic N) is 3. The second kappa shape index (κ2) is 13.1. The van der Waals surface area contributed by atoms with Crippen LogP contribution in [0, 0.1) is 5.41 Å². The zero-order valence-electron chi connectivity index (χ0n) is 25.6. The van der Waals surface area contributed by atoms with Crippen molar-refractivity contribution in [2.75, 3.05) is 12.0 Å². The van der Waals surface area contributed by atoms with Gasteiger partial charge in [0.25, 0.3) is 0 Å². The molecule has 2 atom stereocenters. The summed E-state index contributed by atoms with van der Waals surface area (Å²) in [6, 6.07) is 26.7. The number of carbonyl (C=O) groups is 1. The molecule has 43 heavy (non-hydrogen) atoms. The average molecular weight is 638 g/mol. The van der Waals surface area contributed by atoms with Crippen LogP contribution in [0.3, 0.4) is 0 Å². The number of aromatic nitrogens is 2. The first-order valence-corrected chi connectivity index (χ1v) is 15.6. The highest BCUT2D eigenvalue weighted by Crippen LogP contribution is 2.54. The van der Waals surface area contributed by atoms with Gasteiger partial charge in [0.1, 0.15) is 27.1 Å². The molecule has 3 aromatic carbocycles. The van der Waals surface area contributed by atoms with Gasteiger partial charge in [-0.2, -0.15) is 0 Å². The predicted octanol–water partition coefficient (Wildman–Crippen LogP) is 7.11. The van der Waals surface area contributed by atoms with Crippen LogP contribution in [-0.4, -0.2) is 39.3 Å². The van der Waals surface area contributed by atoms with Gasteiger partial charge in [-0.25, -0.2) is 14.8 Å². The molecule has 0 saturated heterocycles. The Balaban J connectivity index is 1.92. The highest BCUT2D eigenvalue weighted by Gasteiger charge is 2.59. The van der Waals surface area contributed by atoms with E-state index >= 15 is 0 Å². The fraction of sp³-hybridized carbons (Fsp3) is 0.303. The van der Waals surface area contributed by atoms with Crippen LogP contribution in [0.4, 0.5) is 10.5 Å². The topological polar surface area (TPSA) is 76.6 Å². The lowest BCUT2D eigenvalue weighted by Crippen LogP contribution is -2.68. The minimum atomic E-state index is -1.19. The van der Waals surface area contributed by atoms with Gasteiger partial charge in [-0.15, -0.1) is 0 Å². The van der Waals surface area contributed by atoms with Gasteiger partial charge in [0.15, 0.2) is 0 Å². The fourth-order valence-corrected chi connectivity index (χ4v) is 7.14. The Hall–Kier alpha value is -3.43. The molecular weight excluding hydrogens is 599 g/mol. The molecule has 4 aromatic rings. The number of hydrogen-bond donors (Lipinski definition) is 1. The lowest BCUT2D eigenvalue weighted by atomic mass is 9.54. The van der Waals surface area contributed by atoms with Crippen molar-refractivity contribution >= 4 is 45.4 Å². The van der Waals surface area contributed by atoms with Gasteiger partial charge in [-0.3, -0.25) is 4.90 Å². The van der Waals surface area contributed by atoms with E-state index in [-0.39, 0.29) is 16.5 Å². The minimum Gasteiger partial charge on any atom is -0.497 e. The Morgan fingerprint density at radius 2 is 1.44 bits per heavy atom. The summed E-state index contributed by atoms with van der Waals surface area (Å²) in [4.78, 5) is 24.6. The van der Waals surface area contributed by atoms with Crippen molar-refractivity contribution in [3.05, 3.63) is 118 Å². The van der Waals surface area contributed by atoms with Crippen molar-refractivity contribution in [1.82, 2.24) is 15.3 Å². The Bertz CT molecular complexity index is 1500. The molecule has 0 bridgehead atoms. The molecule has 226 valence electrons. The van der Waals surface area contributed by atoms with Crippen molar-refractivity contribution < 1.29 is 14.0 Å². The Kier molecular flexibility index (Phi) is 9.86. The molecule has 0 aliphatic carbocycles. The van der Waals surface area contributed by atoms with Crippen LogP contribution in [0.25, 0.3) is 0 Å². The average Bonchev–Trinajstić information content (AvgIpc) is 2.98. The van der Waals surface area contributed by atoms with Crippen molar-refractivity contribution in [2.24, 2.45) is 5.41 Å². The molecule has 7 nitrogen and oxygen atoms in total. The summed E-state index contributed by atoms with van der Waals surface area (Å²) in [6.07, 6.45) is 1.54. The Morgan fingerprint density at radius 3 is 1.88 bits per heavy atom. The van der Waals surface area contributed by atoms with Crippen LogP contribution in [0.5, 0.6) is 5.75 Å². The zero-order chi connectivity index (χ0) is 31.4. The normalized spacial score (nSPS) is 14.0. The molecular formula is C33H38Cl2N4O3Si. The van der Waals surface area contributed by atoms with Crippen LogP contribution in [0.2, 0.25) is 10.4 Å². The number of hydrogen-bond acceptors (Lipinski definition) is 5. The molecule has 0 saturated carbocycles. The molecule has 0 aliphatic heterocycles. The van der Waals surface area contributed by atoms with E-state index in [9.17, 15) is 4.79 Å². The second-order valence-corrected chi connectivity index (χ2v) is 12.6. The summed E-state index contributed by atoms with van der Waals surface area (Å²) in [5, 5.41) is 3.55. The van der Waals surface area contributed by atoms with Gasteiger partial charge in [-0.05, 0) is 66.3 Å². The maximum atomic E-state index is 14.7. The van der Waals surface area contributed by atoms with Crippen molar-refractivity contribution in [3.63, 3.8) is 0 Å². The molecule has 0 spiro atoms. The van der Waals surface area contributed by atoms with Gasteiger partial charge in [0.2, 0.25) is 5.28 Å². The van der Waals surface area contributed by atoms with E-state index < -0.39 is 22.6 Å². The van der Waals surface area contributed by atoms with Crippen LogP contribution in [0.1, 0.15) is 57.4 Å². The molecule has 1 heterocycles. The number of ether oxygens (including phenoxy) is 1. The molecule has 0 radical (unpaired) electrons. The molecule has 0 fully saturated rings. The third-order valence-electron chi connectivity index (χ3n) is 8.15. The van der Waals surface area contributed by atoms with E-state index in [1.54, 1.807) is 30.3 Å². The lowest BCUT2D eigenvalue weighted by molar-refractivity contribution is -0.0441. The van der Waals surface area contributed by atoms with Gasteiger partial charge < -0.3 is 14.5 Å². The quantitative estimate of drug-likeness (QED) is 0.0916. The molecule has 0 aliphatic rings. The summed E-state index contributed by atoms with van der Waals surface area (Å²) in [6.45, 7) is 10.3. The SMILES string of the molecule is COc1ccc(N(C(=O)N[C@](C)(O[SiH3])C(c2ccccc2)(c2ccccc2)C(C)(C)C)[C@@H](C)c2cnc(Cl)nc2Cl)cc1. The van der Waals surface area contributed by atoms with Crippen LogP contribution in [-0.2, 0) is 9.84 Å². The number of halogens is 2. The predicted molar refractivity (Wildman–Crippen MR) is 177 cm³/mol. The van der Waals surface area contributed by atoms with Gasteiger partial charge in [0, 0.05) is 17.4 Å². The molecule has 1 aromatic heterocycles. The van der Waals surface area contributed by atoms with Crippen LogP contribution < -0.4 is 15.0 Å². The van der Waals surface area contributed by atoms with E-state index in [1.165, 1.54) is 0 Å². The monoisotopic (exact) mass is 636 g/mol. The summed E-state index contributed by atoms with van der Waals surface area (Å²) in [7, 11) is 1.95. The standard InChI is InChI=1S/C33H38Cl2N4O3Si/c1-22(27-21-36-29(35)37-28(27)34)39(25-17-19-26(41-6)20-18-25)30(40)38-32(5,42-43)33(31(2,3)4,23-13-9-7-10-14-23)24-15-11-8-12-16-24/h7-22H,1-6,43H3,(H,38,40)/t22-,32+/m0/s1. The number of amides is 2. The number of anilines is 1. The molecule has 0 unspecified atom stereocenters. The maximum absolute atomic E-state index is 14.7. The van der Waals surface area contributed by atoms with E-state index in [4.69, 9.17) is 32.4 Å². The molecule has 1 N–H and O–H groups in total. The zero-order valence-corrected chi connectivity index (χ0v) is 29.1. The largest absolute Gasteiger partial charge is 0.497 e. The van der Waals surface area contributed by atoms with E-state index in [1.807, 2.05) is 62.4 Å². The molecule has 4 rings (SSSR count). The summed E-state index contributed by atoms with van der Waals surface area (Å²) >= 11 is 12.5. The Labute approximate surface area is 267 Å². The number of carbonyl (C=O) groups excluding carboxylic acids is 1. The smallest absolute Gasteiger partial charge is 0.324 e. The number of methoxy groups -OCH3 is 1. The maximum Gasteiger partial charge on any atom is 0.324 e. The third kappa shape index (κ3) is 6.15. The minimum absolute atomic E-state index is 0.0269. The summed E-state index contributed by atoms with van der Waals surface area (Å²) < 4.78 is 11.9. The highest BCUT2D eigenvalue weighted by atomic mass is 35.5. The number of urea groups is 1. The number of benzene rings is 3. The Morgan fingerprint density at radius 1 is 0.907 bits per heavy atom.